The molecule has 27 heavy (non-hydrogen) atoms. The number of nitrogens with one attached hydrogen (secondary N) is 2. The molecule has 1 unspecified atom stereocenters. The number of hydrogen-bond acceptors (Lipinski definition) is 4. The summed E-state index contributed by atoms with van der Waals surface area (Å²) < 4.78 is 12.0. The van der Waals surface area contributed by atoms with E-state index in [9.17, 15) is 4.79 Å². The minimum Gasteiger partial charge on any atom is -0.496 e. The Bertz CT molecular complexity index is 637. The van der Waals surface area contributed by atoms with E-state index in [2.05, 4.69) is 31.6 Å². The highest BCUT2D eigenvalue weighted by Gasteiger charge is 2.16. The van der Waals surface area contributed by atoms with Gasteiger partial charge in [0.15, 0.2) is 5.96 Å². The summed E-state index contributed by atoms with van der Waals surface area (Å²) in [6.45, 7) is 2.08. The topological polar surface area (TPSA) is 75.2 Å². The zero-order valence-electron chi connectivity index (χ0n) is 16.0. The van der Waals surface area contributed by atoms with E-state index in [4.69, 9.17) is 9.47 Å². The molecule has 0 radical (unpaired) electrons. The summed E-state index contributed by atoms with van der Waals surface area (Å²) in [4.78, 5) is 18.0. The molecule has 0 aliphatic carbocycles. The Hall–Kier alpha value is -1.07. The van der Waals surface area contributed by atoms with Gasteiger partial charge in [-0.2, -0.15) is 0 Å². The van der Waals surface area contributed by atoms with Crippen LogP contribution in [-0.2, 0) is 16.1 Å². The summed E-state index contributed by atoms with van der Waals surface area (Å²) >= 11 is 3.47. The van der Waals surface area contributed by atoms with Crippen LogP contribution < -0.4 is 15.4 Å². The summed E-state index contributed by atoms with van der Waals surface area (Å²) in [5.41, 5.74) is 0.957. The van der Waals surface area contributed by atoms with Crippen LogP contribution in [0.15, 0.2) is 27.7 Å². The van der Waals surface area contributed by atoms with Gasteiger partial charge in [0.05, 0.1) is 26.3 Å². The van der Waals surface area contributed by atoms with E-state index in [1.165, 1.54) is 0 Å². The average molecular weight is 555 g/mol. The van der Waals surface area contributed by atoms with E-state index in [0.29, 0.717) is 19.0 Å². The Labute approximate surface area is 186 Å². The van der Waals surface area contributed by atoms with Gasteiger partial charge in [-0.15, -0.1) is 24.0 Å². The van der Waals surface area contributed by atoms with Gasteiger partial charge in [0.1, 0.15) is 5.75 Å². The molecule has 0 spiro atoms. The van der Waals surface area contributed by atoms with Gasteiger partial charge in [-0.05, 0) is 31.0 Å². The van der Waals surface area contributed by atoms with Gasteiger partial charge in [0, 0.05) is 37.3 Å². The molecule has 1 atom stereocenters. The molecule has 1 aromatic rings. The lowest BCUT2D eigenvalue weighted by molar-refractivity contribution is -0.127. The first-order chi connectivity index (χ1) is 12.5. The number of carbonyl (C=O) groups excluding carboxylic acids is 1. The quantitative estimate of drug-likeness (QED) is 0.307. The van der Waals surface area contributed by atoms with Gasteiger partial charge in [0.2, 0.25) is 5.91 Å². The fraction of sp³-hybridized carbons (Fsp3) is 0.556. The molecule has 1 amide bonds. The monoisotopic (exact) mass is 554 g/mol. The average Bonchev–Trinajstić information content (AvgIpc) is 3.14. The minimum absolute atomic E-state index is 0. The molecule has 9 heteroatoms. The molecule has 1 aromatic carbocycles. The van der Waals surface area contributed by atoms with E-state index in [1.54, 1.807) is 26.1 Å². The zero-order valence-corrected chi connectivity index (χ0v) is 19.9. The number of hydrogen-bond donors (Lipinski definition) is 2. The molecular weight excluding hydrogens is 527 g/mol. The molecule has 1 aliphatic heterocycles. The Morgan fingerprint density at radius 2 is 2.19 bits per heavy atom. The van der Waals surface area contributed by atoms with Gasteiger partial charge in [-0.1, -0.05) is 15.9 Å². The first kappa shape index (κ1) is 24.0. The van der Waals surface area contributed by atoms with E-state index < -0.39 is 0 Å². The number of nitrogens with zero attached hydrogens (tertiary/aromatic N) is 2. The van der Waals surface area contributed by atoms with E-state index in [1.807, 2.05) is 18.2 Å². The Balaban J connectivity index is 0.00000364. The van der Waals surface area contributed by atoms with Crippen molar-refractivity contribution in [2.45, 2.75) is 25.5 Å². The van der Waals surface area contributed by atoms with Gasteiger partial charge < -0.3 is 25.0 Å². The van der Waals surface area contributed by atoms with Crippen LogP contribution in [0.2, 0.25) is 0 Å². The molecule has 2 rings (SSSR count). The molecular formula is C18H28BrIN4O3. The van der Waals surface area contributed by atoms with Crippen LogP contribution in [0.1, 0.15) is 18.4 Å². The van der Waals surface area contributed by atoms with Crippen LogP contribution in [0, 0.1) is 0 Å². The van der Waals surface area contributed by atoms with Crippen LogP contribution >= 0.6 is 39.9 Å². The first-order valence-corrected chi connectivity index (χ1v) is 9.45. The highest BCUT2D eigenvalue weighted by atomic mass is 127. The lowest BCUT2D eigenvalue weighted by Gasteiger charge is -2.17. The normalized spacial score (nSPS) is 16.4. The number of benzene rings is 1. The molecule has 1 fully saturated rings. The van der Waals surface area contributed by atoms with E-state index >= 15 is 0 Å². The van der Waals surface area contributed by atoms with Crippen molar-refractivity contribution in [3.8, 4) is 5.75 Å². The van der Waals surface area contributed by atoms with Gasteiger partial charge >= 0.3 is 0 Å². The smallest absolute Gasteiger partial charge is 0.241 e. The number of guanidine groups is 1. The van der Waals surface area contributed by atoms with Crippen LogP contribution in [0.4, 0.5) is 0 Å². The number of likely N-dealkylation sites (N-methyl/N-ethyl adjacent to an activating group) is 1. The standard InChI is InChI=1S/C18H27BrN4O3.HI/c1-23(2)17(24)12-22-18(21-11-15-5-4-8-26-15)20-10-13-9-14(19)6-7-16(13)25-3;/h6-7,9,15H,4-5,8,10-12H2,1-3H3,(H2,20,21,22);1H. The molecule has 0 aromatic heterocycles. The van der Waals surface area contributed by atoms with Crippen LogP contribution in [-0.4, -0.2) is 63.8 Å². The lowest BCUT2D eigenvalue weighted by Crippen LogP contribution is -2.45. The third-order valence-electron chi connectivity index (χ3n) is 4.08. The number of carbonyl (C=O) groups is 1. The highest BCUT2D eigenvalue weighted by Crippen LogP contribution is 2.23. The summed E-state index contributed by atoms with van der Waals surface area (Å²) in [5.74, 6) is 1.34. The maximum atomic E-state index is 11.9. The maximum Gasteiger partial charge on any atom is 0.241 e. The van der Waals surface area contributed by atoms with Crippen molar-refractivity contribution in [2.75, 3.05) is 40.9 Å². The second-order valence-corrected chi connectivity index (χ2v) is 7.19. The van der Waals surface area contributed by atoms with Crippen molar-refractivity contribution in [1.29, 1.82) is 0 Å². The van der Waals surface area contributed by atoms with Crippen molar-refractivity contribution in [3.63, 3.8) is 0 Å². The van der Waals surface area contributed by atoms with Crippen molar-refractivity contribution in [3.05, 3.63) is 28.2 Å². The molecule has 1 heterocycles. The maximum absolute atomic E-state index is 11.9. The van der Waals surface area contributed by atoms with E-state index in [-0.39, 0.29) is 42.5 Å². The van der Waals surface area contributed by atoms with Crippen molar-refractivity contribution in [2.24, 2.45) is 4.99 Å². The number of methoxy groups -OCH3 is 1. The predicted molar refractivity (Wildman–Crippen MR) is 121 cm³/mol. The Kier molecular flexibility index (Phi) is 11.0. The van der Waals surface area contributed by atoms with Gasteiger partial charge in [0.25, 0.3) is 0 Å². The van der Waals surface area contributed by atoms with Crippen LogP contribution in [0.25, 0.3) is 0 Å². The molecule has 7 nitrogen and oxygen atoms in total. The molecule has 0 bridgehead atoms. The van der Waals surface area contributed by atoms with Crippen molar-refractivity contribution in [1.82, 2.24) is 15.5 Å². The third-order valence-corrected chi connectivity index (χ3v) is 4.57. The summed E-state index contributed by atoms with van der Waals surface area (Å²) in [6, 6.07) is 5.80. The second-order valence-electron chi connectivity index (χ2n) is 6.28. The lowest BCUT2D eigenvalue weighted by atomic mass is 10.2. The molecule has 2 N–H and O–H groups in total. The number of aliphatic imine (C=N–C) groups is 1. The second kappa shape index (κ2) is 12.4. The number of halogens is 2. The van der Waals surface area contributed by atoms with Gasteiger partial charge in [-0.3, -0.25) is 4.79 Å². The molecule has 1 aliphatic rings. The van der Waals surface area contributed by atoms with Crippen LogP contribution in [0.3, 0.4) is 0 Å². The number of amides is 1. The number of rotatable bonds is 7. The fourth-order valence-corrected chi connectivity index (χ4v) is 2.95. The third kappa shape index (κ3) is 8.22. The summed E-state index contributed by atoms with van der Waals surface area (Å²) in [5, 5.41) is 6.36. The largest absolute Gasteiger partial charge is 0.496 e. The minimum atomic E-state index is -0.0170. The first-order valence-electron chi connectivity index (χ1n) is 8.66. The van der Waals surface area contributed by atoms with Crippen molar-refractivity contribution < 1.29 is 14.3 Å². The summed E-state index contributed by atoms with van der Waals surface area (Å²) in [6.07, 6.45) is 2.31. The molecule has 152 valence electrons. The highest BCUT2D eigenvalue weighted by molar-refractivity contribution is 14.0. The van der Waals surface area contributed by atoms with Crippen molar-refractivity contribution >= 4 is 51.8 Å². The Morgan fingerprint density at radius 3 is 2.81 bits per heavy atom. The SMILES string of the molecule is COc1ccc(Br)cc1CN=C(NCC(=O)N(C)C)NCC1CCCO1.I. The summed E-state index contributed by atoms with van der Waals surface area (Å²) in [7, 11) is 5.10. The molecule has 1 saturated heterocycles. The Morgan fingerprint density at radius 1 is 1.41 bits per heavy atom. The number of ether oxygens (including phenoxy) is 2. The van der Waals surface area contributed by atoms with E-state index in [0.717, 1.165) is 35.2 Å². The van der Waals surface area contributed by atoms with Gasteiger partial charge in [-0.25, -0.2) is 4.99 Å². The molecule has 0 saturated carbocycles. The fourth-order valence-electron chi connectivity index (χ4n) is 2.54. The predicted octanol–water partition coefficient (Wildman–Crippen LogP) is 2.38. The van der Waals surface area contributed by atoms with Crippen LogP contribution in [0.5, 0.6) is 5.75 Å². The zero-order chi connectivity index (χ0) is 18.9.